The van der Waals surface area contributed by atoms with Crippen LogP contribution in [0, 0.1) is 6.92 Å². The zero-order valence-corrected chi connectivity index (χ0v) is 10.4. The lowest BCUT2D eigenvalue weighted by atomic mass is 10.3. The normalized spacial score (nSPS) is 10.4. The van der Waals surface area contributed by atoms with Crippen molar-refractivity contribution in [3.63, 3.8) is 0 Å². The second kappa shape index (κ2) is 4.89. The molecule has 0 aliphatic rings. The van der Waals surface area contributed by atoms with Gasteiger partial charge in [0.15, 0.2) is 0 Å². The first-order chi connectivity index (χ1) is 9.31. The fraction of sp³-hybridized carbons (Fsp3) is 0.0714. The molecule has 2 heterocycles. The van der Waals surface area contributed by atoms with E-state index in [1.807, 2.05) is 43.5 Å². The maximum absolute atomic E-state index is 5.65. The molecule has 0 saturated carbocycles. The van der Waals surface area contributed by atoms with Crippen LogP contribution in [0.5, 0.6) is 11.6 Å². The molecule has 5 heteroatoms. The summed E-state index contributed by atoms with van der Waals surface area (Å²) in [5, 5.41) is 4.17. The first-order valence-corrected chi connectivity index (χ1v) is 5.89. The molecule has 0 aliphatic carbocycles. The highest BCUT2D eigenvalue weighted by Gasteiger charge is 2.01. The molecule has 0 saturated heterocycles. The molecule has 0 spiro atoms. The summed E-state index contributed by atoms with van der Waals surface area (Å²) in [6, 6.07) is 11.3. The van der Waals surface area contributed by atoms with E-state index in [0.29, 0.717) is 11.7 Å². The topological polar surface area (TPSA) is 52.8 Å². The van der Waals surface area contributed by atoms with Crippen LogP contribution in [-0.4, -0.2) is 19.7 Å². The number of benzene rings is 1. The van der Waals surface area contributed by atoms with Gasteiger partial charge in [-0.05, 0) is 37.3 Å². The summed E-state index contributed by atoms with van der Waals surface area (Å²) in [6.45, 7) is 1.83. The van der Waals surface area contributed by atoms with Crippen molar-refractivity contribution in [1.29, 1.82) is 0 Å². The van der Waals surface area contributed by atoms with E-state index in [1.165, 1.54) is 0 Å². The Labute approximate surface area is 110 Å². The molecular formula is C14H12N4O. The Bertz CT molecular complexity index is 662. The molecule has 2 aromatic heterocycles. The van der Waals surface area contributed by atoms with Crippen LogP contribution in [0.1, 0.15) is 5.82 Å². The van der Waals surface area contributed by atoms with Crippen LogP contribution >= 0.6 is 0 Å². The van der Waals surface area contributed by atoms with Crippen LogP contribution in [0.3, 0.4) is 0 Å². The van der Waals surface area contributed by atoms with E-state index in [0.717, 1.165) is 11.4 Å². The van der Waals surface area contributed by atoms with Gasteiger partial charge in [-0.1, -0.05) is 0 Å². The summed E-state index contributed by atoms with van der Waals surface area (Å²) in [6.07, 6.45) is 5.31. The van der Waals surface area contributed by atoms with Gasteiger partial charge in [0.1, 0.15) is 11.6 Å². The average Bonchev–Trinajstić information content (AvgIpc) is 2.94. The van der Waals surface area contributed by atoms with Gasteiger partial charge in [-0.3, -0.25) is 0 Å². The quantitative estimate of drug-likeness (QED) is 0.719. The number of ether oxygens (including phenoxy) is 1. The molecule has 94 valence electrons. The molecule has 1 aromatic carbocycles. The highest BCUT2D eigenvalue weighted by molar-refractivity contribution is 5.37. The first kappa shape index (κ1) is 11.4. The van der Waals surface area contributed by atoms with Gasteiger partial charge in [0.25, 0.3) is 0 Å². The van der Waals surface area contributed by atoms with E-state index < -0.39 is 0 Å². The zero-order valence-electron chi connectivity index (χ0n) is 10.4. The Morgan fingerprint density at radius 2 is 1.89 bits per heavy atom. The molecule has 5 nitrogen and oxygen atoms in total. The van der Waals surface area contributed by atoms with Crippen molar-refractivity contribution in [3.05, 3.63) is 60.8 Å². The predicted octanol–water partition coefficient (Wildman–Crippen LogP) is 2.76. The van der Waals surface area contributed by atoms with Gasteiger partial charge in [-0.2, -0.15) is 10.1 Å². The molecule has 3 aromatic rings. The molecule has 0 atom stereocenters. The summed E-state index contributed by atoms with van der Waals surface area (Å²) in [7, 11) is 0. The van der Waals surface area contributed by atoms with Crippen LogP contribution in [0.2, 0.25) is 0 Å². The molecule has 3 rings (SSSR count). The van der Waals surface area contributed by atoms with E-state index in [-0.39, 0.29) is 0 Å². The number of hydrogen-bond acceptors (Lipinski definition) is 4. The number of nitrogens with zero attached hydrogens (tertiary/aromatic N) is 4. The van der Waals surface area contributed by atoms with Crippen molar-refractivity contribution in [1.82, 2.24) is 19.7 Å². The Morgan fingerprint density at radius 1 is 1.05 bits per heavy atom. The first-order valence-electron chi connectivity index (χ1n) is 5.89. The third-order valence-electron chi connectivity index (χ3n) is 2.58. The molecular weight excluding hydrogens is 240 g/mol. The van der Waals surface area contributed by atoms with Crippen LogP contribution in [0.25, 0.3) is 5.69 Å². The van der Waals surface area contributed by atoms with Crippen molar-refractivity contribution in [2.45, 2.75) is 6.92 Å². The lowest BCUT2D eigenvalue weighted by Crippen LogP contribution is -1.95. The molecule has 0 unspecified atom stereocenters. The number of hydrogen-bond donors (Lipinski definition) is 0. The summed E-state index contributed by atoms with van der Waals surface area (Å²) < 4.78 is 7.44. The highest BCUT2D eigenvalue weighted by Crippen LogP contribution is 2.20. The molecule has 19 heavy (non-hydrogen) atoms. The van der Waals surface area contributed by atoms with Crippen molar-refractivity contribution >= 4 is 0 Å². The van der Waals surface area contributed by atoms with Gasteiger partial charge < -0.3 is 4.74 Å². The minimum absolute atomic E-state index is 0.541. The largest absolute Gasteiger partial charge is 0.439 e. The third-order valence-corrected chi connectivity index (χ3v) is 2.58. The second-order valence-electron chi connectivity index (χ2n) is 3.99. The number of aryl methyl sites for hydroxylation is 1. The average molecular weight is 252 g/mol. The Morgan fingerprint density at radius 3 is 2.58 bits per heavy atom. The lowest BCUT2D eigenvalue weighted by molar-refractivity contribution is 0.459. The lowest BCUT2D eigenvalue weighted by Gasteiger charge is -2.06. The standard InChI is InChI=1S/C14H12N4O/c1-11-15-9-7-14(17-11)19-13-5-3-12(4-6-13)18-10-2-8-16-18/h2-10H,1H3. The van der Waals surface area contributed by atoms with Crippen LogP contribution < -0.4 is 4.74 Å². The smallest absolute Gasteiger partial charge is 0.222 e. The molecule has 0 bridgehead atoms. The molecule has 0 N–H and O–H groups in total. The summed E-state index contributed by atoms with van der Waals surface area (Å²) in [4.78, 5) is 8.22. The molecule has 0 aliphatic heterocycles. The molecule has 0 radical (unpaired) electrons. The van der Waals surface area contributed by atoms with Crippen LogP contribution in [0.15, 0.2) is 55.0 Å². The van der Waals surface area contributed by atoms with Crippen molar-refractivity contribution < 1.29 is 4.74 Å². The fourth-order valence-electron chi connectivity index (χ4n) is 1.70. The fourth-order valence-corrected chi connectivity index (χ4v) is 1.70. The summed E-state index contributed by atoms with van der Waals surface area (Å²) >= 11 is 0. The zero-order chi connectivity index (χ0) is 13.1. The van der Waals surface area contributed by atoms with Gasteiger partial charge >= 0.3 is 0 Å². The van der Waals surface area contributed by atoms with Gasteiger partial charge in [-0.15, -0.1) is 0 Å². The Hall–Kier alpha value is -2.69. The summed E-state index contributed by atoms with van der Waals surface area (Å²) in [5.74, 6) is 1.96. The van der Waals surface area contributed by atoms with Gasteiger partial charge in [0.2, 0.25) is 5.88 Å². The number of rotatable bonds is 3. The Balaban J connectivity index is 1.80. The monoisotopic (exact) mass is 252 g/mol. The van der Waals surface area contributed by atoms with E-state index in [2.05, 4.69) is 15.1 Å². The minimum Gasteiger partial charge on any atom is -0.439 e. The van der Waals surface area contributed by atoms with Crippen molar-refractivity contribution in [2.24, 2.45) is 0 Å². The second-order valence-corrected chi connectivity index (χ2v) is 3.99. The van der Waals surface area contributed by atoms with Crippen molar-refractivity contribution in [2.75, 3.05) is 0 Å². The maximum Gasteiger partial charge on any atom is 0.222 e. The SMILES string of the molecule is Cc1nccc(Oc2ccc(-n3cccn3)cc2)n1. The van der Waals surface area contributed by atoms with Gasteiger partial charge in [0.05, 0.1) is 5.69 Å². The predicted molar refractivity (Wildman–Crippen MR) is 70.4 cm³/mol. The third kappa shape index (κ3) is 2.60. The van der Waals surface area contributed by atoms with E-state index >= 15 is 0 Å². The molecule has 0 fully saturated rings. The highest BCUT2D eigenvalue weighted by atomic mass is 16.5. The van der Waals surface area contributed by atoms with E-state index in [4.69, 9.17) is 4.74 Å². The maximum atomic E-state index is 5.65. The summed E-state index contributed by atoms with van der Waals surface area (Å²) in [5.41, 5.74) is 0.983. The van der Waals surface area contributed by atoms with E-state index in [9.17, 15) is 0 Å². The molecule has 0 amide bonds. The van der Waals surface area contributed by atoms with Crippen LogP contribution in [0.4, 0.5) is 0 Å². The van der Waals surface area contributed by atoms with Crippen molar-refractivity contribution in [3.8, 4) is 17.3 Å². The van der Waals surface area contributed by atoms with Gasteiger partial charge in [0, 0.05) is 24.7 Å². The van der Waals surface area contributed by atoms with Crippen LogP contribution in [-0.2, 0) is 0 Å². The van der Waals surface area contributed by atoms with E-state index in [1.54, 1.807) is 23.1 Å². The Kier molecular flexibility index (Phi) is 2.94. The minimum atomic E-state index is 0.541. The van der Waals surface area contributed by atoms with Gasteiger partial charge in [-0.25, -0.2) is 9.67 Å². The number of aromatic nitrogens is 4.